The Morgan fingerprint density at radius 3 is 2.83 bits per heavy atom. The van der Waals surface area contributed by atoms with E-state index in [9.17, 15) is 0 Å². The van der Waals surface area contributed by atoms with Gasteiger partial charge in [0.25, 0.3) is 0 Å². The minimum Gasteiger partial charge on any atom is -0.366 e. The van der Waals surface area contributed by atoms with Crippen molar-refractivity contribution in [3.8, 4) is 0 Å². The first-order valence-electron chi connectivity index (χ1n) is 6.90. The molecule has 0 amide bonds. The molecule has 0 aliphatic carbocycles. The standard InChI is InChI=1S/C13H23N5/c1-4-11(3)15-12-9-14-17-13(16-12)18-7-5-10(2)6-8-18/h9-11H,4-8H2,1-3H3,(H,15,16,17). The molecule has 1 aromatic rings. The smallest absolute Gasteiger partial charge is 0.247 e. The van der Waals surface area contributed by atoms with Gasteiger partial charge in [0.05, 0.1) is 6.20 Å². The molecule has 1 aliphatic heterocycles. The van der Waals surface area contributed by atoms with E-state index in [1.165, 1.54) is 12.8 Å². The monoisotopic (exact) mass is 249 g/mol. The van der Waals surface area contributed by atoms with E-state index in [0.717, 1.165) is 37.2 Å². The van der Waals surface area contributed by atoms with E-state index < -0.39 is 0 Å². The zero-order chi connectivity index (χ0) is 13.0. The average molecular weight is 249 g/mol. The van der Waals surface area contributed by atoms with Crippen molar-refractivity contribution < 1.29 is 0 Å². The topological polar surface area (TPSA) is 53.9 Å². The first-order chi connectivity index (χ1) is 8.69. The van der Waals surface area contributed by atoms with Crippen LogP contribution in [-0.4, -0.2) is 34.3 Å². The van der Waals surface area contributed by atoms with Crippen LogP contribution in [0.15, 0.2) is 6.20 Å². The van der Waals surface area contributed by atoms with Crippen molar-refractivity contribution >= 4 is 11.8 Å². The van der Waals surface area contributed by atoms with Gasteiger partial charge < -0.3 is 10.2 Å². The van der Waals surface area contributed by atoms with Gasteiger partial charge in [-0.05, 0) is 32.1 Å². The molecule has 100 valence electrons. The summed E-state index contributed by atoms with van der Waals surface area (Å²) in [5.74, 6) is 2.40. The lowest BCUT2D eigenvalue weighted by atomic mass is 10.00. The number of nitrogens with one attached hydrogen (secondary N) is 1. The van der Waals surface area contributed by atoms with Gasteiger partial charge >= 0.3 is 0 Å². The lowest BCUT2D eigenvalue weighted by Gasteiger charge is -2.30. The summed E-state index contributed by atoms with van der Waals surface area (Å²) in [5, 5.41) is 11.5. The molecule has 1 unspecified atom stereocenters. The molecule has 2 rings (SSSR count). The third kappa shape index (κ3) is 3.31. The van der Waals surface area contributed by atoms with Gasteiger partial charge in [0.1, 0.15) is 0 Å². The number of aromatic nitrogens is 3. The number of piperidine rings is 1. The molecule has 18 heavy (non-hydrogen) atoms. The van der Waals surface area contributed by atoms with Gasteiger partial charge in [0.2, 0.25) is 5.95 Å². The van der Waals surface area contributed by atoms with Crippen molar-refractivity contribution in [3.05, 3.63) is 6.20 Å². The van der Waals surface area contributed by atoms with Gasteiger partial charge in [-0.1, -0.05) is 13.8 Å². The Morgan fingerprint density at radius 2 is 2.17 bits per heavy atom. The van der Waals surface area contributed by atoms with E-state index in [1.54, 1.807) is 6.20 Å². The number of hydrogen-bond donors (Lipinski definition) is 1. The highest BCUT2D eigenvalue weighted by Gasteiger charge is 2.18. The van der Waals surface area contributed by atoms with Crippen LogP contribution >= 0.6 is 0 Å². The Bertz CT molecular complexity index is 373. The lowest BCUT2D eigenvalue weighted by molar-refractivity contribution is 0.433. The number of hydrogen-bond acceptors (Lipinski definition) is 5. The Labute approximate surface area is 109 Å². The van der Waals surface area contributed by atoms with Crippen molar-refractivity contribution in [1.29, 1.82) is 0 Å². The van der Waals surface area contributed by atoms with E-state index >= 15 is 0 Å². The van der Waals surface area contributed by atoms with Gasteiger partial charge in [-0.15, -0.1) is 5.10 Å². The molecule has 1 aliphatic rings. The summed E-state index contributed by atoms with van der Waals surface area (Å²) >= 11 is 0. The molecule has 5 heteroatoms. The van der Waals surface area contributed by atoms with E-state index in [1.807, 2.05) is 0 Å². The summed E-state index contributed by atoms with van der Waals surface area (Å²) in [6, 6.07) is 0.413. The molecule has 0 aromatic carbocycles. The second-order valence-corrected chi connectivity index (χ2v) is 5.26. The Hall–Kier alpha value is -1.39. The first kappa shape index (κ1) is 13.1. The van der Waals surface area contributed by atoms with E-state index in [-0.39, 0.29) is 0 Å². The van der Waals surface area contributed by atoms with E-state index in [2.05, 4.69) is 46.2 Å². The van der Waals surface area contributed by atoms with Crippen molar-refractivity contribution in [3.63, 3.8) is 0 Å². The molecule has 5 nitrogen and oxygen atoms in total. The van der Waals surface area contributed by atoms with Gasteiger partial charge in [-0.3, -0.25) is 0 Å². The molecule has 0 radical (unpaired) electrons. The van der Waals surface area contributed by atoms with E-state index in [4.69, 9.17) is 0 Å². The minimum absolute atomic E-state index is 0.413. The molecule has 1 N–H and O–H groups in total. The van der Waals surface area contributed by atoms with Crippen LogP contribution in [0.25, 0.3) is 0 Å². The van der Waals surface area contributed by atoms with Crippen LogP contribution in [0.5, 0.6) is 0 Å². The molecular weight excluding hydrogens is 226 g/mol. The van der Waals surface area contributed by atoms with Crippen LogP contribution < -0.4 is 10.2 Å². The number of nitrogens with zero attached hydrogens (tertiary/aromatic N) is 4. The average Bonchev–Trinajstić information content (AvgIpc) is 2.40. The fourth-order valence-electron chi connectivity index (χ4n) is 2.06. The normalized spacial score (nSPS) is 18.7. The molecule has 1 atom stereocenters. The molecule has 1 saturated heterocycles. The lowest BCUT2D eigenvalue weighted by Crippen LogP contribution is -2.34. The predicted octanol–water partition coefficient (Wildman–Crippen LogP) is 2.32. The maximum atomic E-state index is 4.55. The zero-order valence-corrected chi connectivity index (χ0v) is 11.6. The summed E-state index contributed by atoms with van der Waals surface area (Å²) in [4.78, 5) is 6.78. The van der Waals surface area contributed by atoms with Crippen LogP contribution in [0.3, 0.4) is 0 Å². The SMILES string of the molecule is CCC(C)Nc1cnnc(N2CCC(C)CC2)n1. The molecule has 0 saturated carbocycles. The third-order valence-corrected chi connectivity index (χ3v) is 3.62. The molecular formula is C13H23N5. The summed E-state index contributed by atoms with van der Waals surface area (Å²) in [6.07, 6.45) is 5.20. The first-order valence-corrected chi connectivity index (χ1v) is 6.90. The largest absolute Gasteiger partial charge is 0.366 e. The number of rotatable bonds is 4. The van der Waals surface area contributed by atoms with E-state index in [0.29, 0.717) is 6.04 Å². The highest BCUT2D eigenvalue weighted by molar-refractivity contribution is 5.39. The maximum Gasteiger partial charge on any atom is 0.247 e. The van der Waals surface area contributed by atoms with Crippen molar-refractivity contribution in [2.24, 2.45) is 5.92 Å². The summed E-state index contributed by atoms with van der Waals surface area (Å²) in [6.45, 7) is 8.67. The van der Waals surface area contributed by atoms with Crippen molar-refractivity contribution in [1.82, 2.24) is 15.2 Å². The molecule has 0 bridgehead atoms. The third-order valence-electron chi connectivity index (χ3n) is 3.62. The quantitative estimate of drug-likeness (QED) is 0.887. The van der Waals surface area contributed by atoms with Crippen LogP contribution in [0, 0.1) is 5.92 Å². The zero-order valence-electron chi connectivity index (χ0n) is 11.6. The fourth-order valence-corrected chi connectivity index (χ4v) is 2.06. The fraction of sp³-hybridized carbons (Fsp3) is 0.769. The Balaban J connectivity index is 2.02. The van der Waals surface area contributed by atoms with Gasteiger partial charge in [0, 0.05) is 19.1 Å². The molecule has 1 aromatic heterocycles. The minimum atomic E-state index is 0.413. The van der Waals surface area contributed by atoms with Crippen molar-refractivity contribution in [2.75, 3.05) is 23.3 Å². The second-order valence-electron chi connectivity index (χ2n) is 5.26. The molecule has 0 spiro atoms. The highest BCUT2D eigenvalue weighted by Crippen LogP contribution is 2.20. The van der Waals surface area contributed by atoms with Gasteiger partial charge in [-0.2, -0.15) is 10.1 Å². The van der Waals surface area contributed by atoms with Crippen LogP contribution in [-0.2, 0) is 0 Å². The van der Waals surface area contributed by atoms with Gasteiger partial charge in [-0.25, -0.2) is 0 Å². The summed E-state index contributed by atoms with van der Waals surface area (Å²) < 4.78 is 0. The maximum absolute atomic E-state index is 4.55. The predicted molar refractivity (Wildman–Crippen MR) is 73.8 cm³/mol. The molecule has 1 fully saturated rings. The Morgan fingerprint density at radius 1 is 1.44 bits per heavy atom. The van der Waals surface area contributed by atoms with Crippen LogP contribution in [0.1, 0.15) is 40.0 Å². The number of anilines is 2. The Kier molecular flexibility index (Phi) is 4.33. The summed E-state index contributed by atoms with van der Waals surface area (Å²) in [5.41, 5.74) is 0. The summed E-state index contributed by atoms with van der Waals surface area (Å²) in [7, 11) is 0. The van der Waals surface area contributed by atoms with Crippen molar-refractivity contribution in [2.45, 2.75) is 46.1 Å². The molecule has 2 heterocycles. The highest BCUT2D eigenvalue weighted by atomic mass is 15.3. The van der Waals surface area contributed by atoms with Crippen LogP contribution in [0.2, 0.25) is 0 Å². The van der Waals surface area contributed by atoms with Gasteiger partial charge in [0.15, 0.2) is 5.82 Å². The van der Waals surface area contributed by atoms with Crippen LogP contribution in [0.4, 0.5) is 11.8 Å². The second kappa shape index (κ2) is 5.98.